The lowest BCUT2D eigenvalue weighted by Gasteiger charge is -2.36. The van der Waals surface area contributed by atoms with Crippen molar-refractivity contribution >= 4 is 6.09 Å². The molecule has 1 N–H and O–H groups in total. The second-order valence-electron chi connectivity index (χ2n) is 8.48. The molecule has 0 aromatic rings. The van der Waals surface area contributed by atoms with E-state index in [1.54, 1.807) is 4.90 Å². The van der Waals surface area contributed by atoms with Gasteiger partial charge in [0, 0.05) is 37.8 Å². The zero-order valence-corrected chi connectivity index (χ0v) is 15.8. The predicted molar refractivity (Wildman–Crippen MR) is 93.7 cm³/mol. The summed E-state index contributed by atoms with van der Waals surface area (Å²) in [4.78, 5) is 16.4. The Labute approximate surface area is 141 Å². The molecule has 2 rings (SSSR count). The molecule has 2 unspecified atom stereocenters. The number of amides is 1. The highest BCUT2D eigenvalue weighted by Gasteiger charge is 2.32. The molecule has 2 aliphatic rings. The first-order valence-corrected chi connectivity index (χ1v) is 9.08. The Morgan fingerprint density at radius 3 is 2.26 bits per heavy atom. The number of likely N-dealkylation sites (N-methyl/N-ethyl adjacent to an activating group) is 1. The van der Waals surface area contributed by atoms with Gasteiger partial charge in [-0.05, 0) is 66.8 Å². The van der Waals surface area contributed by atoms with Crippen LogP contribution in [0.4, 0.5) is 4.79 Å². The second kappa shape index (κ2) is 7.39. The van der Waals surface area contributed by atoms with Gasteiger partial charge in [-0.1, -0.05) is 0 Å². The maximum Gasteiger partial charge on any atom is 0.410 e. The molecule has 2 fully saturated rings. The summed E-state index contributed by atoms with van der Waals surface area (Å²) in [7, 11) is 4.08. The zero-order valence-electron chi connectivity index (χ0n) is 15.8. The summed E-state index contributed by atoms with van der Waals surface area (Å²) >= 11 is 0. The summed E-state index contributed by atoms with van der Waals surface area (Å²) in [5.74, 6) is 0. The quantitative estimate of drug-likeness (QED) is 0.866. The lowest BCUT2D eigenvalue weighted by Crippen LogP contribution is -2.47. The highest BCUT2D eigenvalue weighted by atomic mass is 16.6. The van der Waals surface area contributed by atoms with Crippen LogP contribution in [-0.4, -0.2) is 66.3 Å². The molecule has 1 amide bonds. The monoisotopic (exact) mass is 325 g/mol. The molecule has 1 aliphatic carbocycles. The predicted octanol–water partition coefficient (Wildman–Crippen LogP) is 2.85. The van der Waals surface area contributed by atoms with Crippen molar-refractivity contribution in [2.75, 3.05) is 20.6 Å². The zero-order chi connectivity index (χ0) is 17.2. The molecule has 23 heavy (non-hydrogen) atoms. The molecule has 5 heteroatoms. The van der Waals surface area contributed by atoms with Gasteiger partial charge in [0.15, 0.2) is 0 Å². The highest BCUT2D eigenvalue weighted by molar-refractivity contribution is 5.68. The molecule has 134 valence electrons. The minimum absolute atomic E-state index is 0.194. The standard InChI is InChI=1S/C18H35N3O2/c1-13-11-15(12-20(13)5)19-14-7-9-16(10-8-14)21(6)17(22)23-18(2,3)4/h13-16,19H,7-12H2,1-6H3. The Kier molecular flexibility index (Phi) is 5.95. The average molecular weight is 325 g/mol. The van der Waals surface area contributed by atoms with E-state index in [0.29, 0.717) is 24.2 Å². The average Bonchev–Trinajstić information content (AvgIpc) is 2.75. The van der Waals surface area contributed by atoms with E-state index in [-0.39, 0.29) is 6.09 Å². The Balaban J connectivity index is 1.74. The van der Waals surface area contributed by atoms with Gasteiger partial charge in [0.05, 0.1) is 0 Å². The SMILES string of the molecule is CC1CC(NC2CCC(N(C)C(=O)OC(C)(C)C)CC2)CN1C. The van der Waals surface area contributed by atoms with Crippen molar-refractivity contribution < 1.29 is 9.53 Å². The molecule has 2 atom stereocenters. The number of hydrogen-bond acceptors (Lipinski definition) is 4. The van der Waals surface area contributed by atoms with Gasteiger partial charge >= 0.3 is 6.09 Å². The minimum Gasteiger partial charge on any atom is -0.444 e. The summed E-state index contributed by atoms with van der Waals surface area (Å²) < 4.78 is 5.48. The van der Waals surface area contributed by atoms with Crippen LogP contribution in [0, 0.1) is 0 Å². The van der Waals surface area contributed by atoms with Crippen LogP contribution in [0.3, 0.4) is 0 Å². The van der Waals surface area contributed by atoms with E-state index >= 15 is 0 Å². The summed E-state index contributed by atoms with van der Waals surface area (Å²) in [6.45, 7) is 9.20. The Hall–Kier alpha value is -0.810. The van der Waals surface area contributed by atoms with Crippen LogP contribution >= 0.6 is 0 Å². The number of nitrogens with zero attached hydrogens (tertiary/aromatic N) is 2. The van der Waals surface area contributed by atoms with Gasteiger partial charge in [-0.25, -0.2) is 4.79 Å². The lowest BCUT2D eigenvalue weighted by molar-refractivity contribution is 0.0178. The fourth-order valence-electron chi connectivity index (χ4n) is 3.76. The normalized spacial score (nSPS) is 32.8. The maximum atomic E-state index is 12.2. The van der Waals surface area contributed by atoms with Crippen molar-refractivity contribution in [1.82, 2.24) is 15.1 Å². The third-order valence-electron chi connectivity index (χ3n) is 5.28. The van der Waals surface area contributed by atoms with Gasteiger partial charge in [0.2, 0.25) is 0 Å². The van der Waals surface area contributed by atoms with Crippen molar-refractivity contribution in [3.8, 4) is 0 Å². The van der Waals surface area contributed by atoms with Gasteiger partial charge < -0.3 is 19.9 Å². The summed E-state index contributed by atoms with van der Waals surface area (Å²) in [6, 6.07) is 2.22. The molecule has 0 radical (unpaired) electrons. The van der Waals surface area contributed by atoms with Crippen molar-refractivity contribution in [2.45, 2.75) is 89.6 Å². The van der Waals surface area contributed by atoms with Crippen LogP contribution in [0.25, 0.3) is 0 Å². The summed E-state index contributed by atoms with van der Waals surface area (Å²) in [5.41, 5.74) is -0.421. The number of carbonyl (C=O) groups excluding carboxylic acids is 1. The molecule has 0 aromatic carbocycles. The van der Waals surface area contributed by atoms with E-state index in [4.69, 9.17) is 4.74 Å². The molecule has 1 saturated carbocycles. The molecule has 1 aliphatic heterocycles. The number of nitrogens with one attached hydrogen (secondary N) is 1. The fourth-order valence-corrected chi connectivity index (χ4v) is 3.76. The lowest BCUT2D eigenvalue weighted by atomic mass is 9.90. The largest absolute Gasteiger partial charge is 0.444 e. The Bertz CT molecular complexity index is 390. The number of likely N-dealkylation sites (tertiary alicyclic amines) is 1. The topological polar surface area (TPSA) is 44.8 Å². The Morgan fingerprint density at radius 1 is 1.17 bits per heavy atom. The van der Waals surface area contributed by atoms with Crippen LogP contribution in [0.1, 0.15) is 59.8 Å². The molecule has 0 aromatic heterocycles. The van der Waals surface area contributed by atoms with Crippen LogP contribution < -0.4 is 5.32 Å². The number of carbonyl (C=O) groups is 1. The van der Waals surface area contributed by atoms with E-state index in [1.165, 1.54) is 6.42 Å². The van der Waals surface area contributed by atoms with Crippen LogP contribution in [0.2, 0.25) is 0 Å². The van der Waals surface area contributed by atoms with Gasteiger partial charge in [-0.3, -0.25) is 0 Å². The number of hydrogen-bond donors (Lipinski definition) is 1. The van der Waals surface area contributed by atoms with Crippen LogP contribution in [0.15, 0.2) is 0 Å². The smallest absolute Gasteiger partial charge is 0.410 e. The van der Waals surface area contributed by atoms with Crippen molar-refractivity contribution in [2.24, 2.45) is 0 Å². The molecule has 1 heterocycles. The van der Waals surface area contributed by atoms with Gasteiger partial charge in [0.25, 0.3) is 0 Å². The first kappa shape index (κ1) is 18.5. The number of rotatable bonds is 3. The van der Waals surface area contributed by atoms with Crippen molar-refractivity contribution in [3.63, 3.8) is 0 Å². The summed E-state index contributed by atoms with van der Waals surface area (Å²) in [5, 5.41) is 3.83. The minimum atomic E-state index is -0.421. The summed E-state index contributed by atoms with van der Waals surface area (Å²) in [6.07, 6.45) is 5.46. The van der Waals surface area contributed by atoms with Gasteiger partial charge in [-0.15, -0.1) is 0 Å². The maximum absolute atomic E-state index is 12.2. The van der Waals surface area contributed by atoms with E-state index in [2.05, 4.69) is 24.2 Å². The fraction of sp³-hybridized carbons (Fsp3) is 0.944. The molecular weight excluding hydrogens is 290 g/mol. The third-order valence-corrected chi connectivity index (χ3v) is 5.28. The molecule has 1 saturated heterocycles. The third kappa shape index (κ3) is 5.35. The van der Waals surface area contributed by atoms with Gasteiger partial charge in [-0.2, -0.15) is 0 Å². The van der Waals surface area contributed by atoms with Crippen LogP contribution in [-0.2, 0) is 4.74 Å². The second-order valence-corrected chi connectivity index (χ2v) is 8.48. The van der Waals surface area contributed by atoms with Gasteiger partial charge in [0.1, 0.15) is 5.60 Å². The molecule has 0 bridgehead atoms. The van der Waals surface area contributed by atoms with E-state index in [0.717, 1.165) is 32.2 Å². The Morgan fingerprint density at radius 2 is 1.78 bits per heavy atom. The number of ether oxygens (including phenoxy) is 1. The molecule has 5 nitrogen and oxygen atoms in total. The van der Waals surface area contributed by atoms with Crippen molar-refractivity contribution in [1.29, 1.82) is 0 Å². The first-order valence-electron chi connectivity index (χ1n) is 9.08. The van der Waals surface area contributed by atoms with Crippen molar-refractivity contribution in [3.05, 3.63) is 0 Å². The van der Waals surface area contributed by atoms with E-state index in [1.807, 2.05) is 27.8 Å². The van der Waals surface area contributed by atoms with Crippen LogP contribution in [0.5, 0.6) is 0 Å². The first-order chi connectivity index (χ1) is 10.7. The molecule has 0 spiro atoms. The molecular formula is C18H35N3O2. The highest BCUT2D eigenvalue weighted by Crippen LogP contribution is 2.25. The van der Waals surface area contributed by atoms with E-state index in [9.17, 15) is 4.79 Å². The van der Waals surface area contributed by atoms with E-state index < -0.39 is 5.60 Å².